The number of fused-ring (bicyclic) bond motifs is 2. The lowest BCUT2D eigenvalue weighted by atomic mass is 9.93. The number of benzene rings is 2. The Morgan fingerprint density at radius 1 is 1.24 bits per heavy atom. The first-order valence-electron chi connectivity index (χ1n) is 11.4. The number of carbonyl (C=O) groups is 2. The summed E-state index contributed by atoms with van der Waals surface area (Å²) in [7, 11) is 0. The van der Waals surface area contributed by atoms with Crippen molar-refractivity contribution in [2.45, 2.75) is 26.2 Å². The zero-order chi connectivity index (χ0) is 27.0. The Bertz CT molecular complexity index is 1670. The van der Waals surface area contributed by atoms with Crippen molar-refractivity contribution in [3.8, 4) is 5.75 Å². The van der Waals surface area contributed by atoms with Crippen LogP contribution in [0.2, 0.25) is 5.02 Å². The van der Waals surface area contributed by atoms with Crippen molar-refractivity contribution >= 4 is 61.7 Å². The number of nitro groups is 1. The molecule has 10 nitrogen and oxygen atoms in total. The average molecular weight is 598 g/mol. The summed E-state index contributed by atoms with van der Waals surface area (Å²) in [6.45, 7) is 1.72. The fourth-order valence-corrected chi connectivity index (χ4v) is 4.93. The van der Waals surface area contributed by atoms with Crippen LogP contribution < -0.4 is 10.2 Å². The molecule has 2 aromatic heterocycles. The molecule has 38 heavy (non-hydrogen) atoms. The van der Waals surface area contributed by atoms with E-state index in [4.69, 9.17) is 20.8 Å². The van der Waals surface area contributed by atoms with Crippen LogP contribution in [-0.2, 0) is 6.42 Å². The lowest BCUT2D eigenvalue weighted by Gasteiger charge is -2.13. The molecule has 0 unspecified atom stereocenters. The summed E-state index contributed by atoms with van der Waals surface area (Å²) in [6, 6.07) is 10.8. The van der Waals surface area contributed by atoms with Gasteiger partial charge in [0.1, 0.15) is 16.3 Å². The second-order valence-corrected chi connectivity index (χ2v) is 9.73. The van der Waals surface area contributed by atoms with Gasteiger partial charge in [0.25, 0.3) is 11.6 Å². The number of hydrogen-bond acceptors (Lipinski definition) is 8. The first-order chi connectivity index (χ1) is 18.2. The van der Waals surface area contributed by atoms with Crippen LogP contribution in [0.15, 0.2) is 62.7 Å². The van der Waals surface area contributed by atoms with Gasteiger partial charge in [0.2, 0.25) is 5.76 Å². The number of aryl methyl sites for hydroxylation is 1. The van der Waals surface area contributed by atoms with E-state index in [2.05, 4.69) is 31.4 Å². The first kappa shape index (κ1) is 25.6. The summed E-state index contributed by atoms with van der Waals surface area (Å²) in [5.41, 5.74) is 4.31. The minimum atomic E-state index is -0.678. The van der Waals surface area contributed by atoms with Gasteiger partial charge >= 0.3 is 5.97 Å². The van der Waals surface area contributed by atoms with Gasteiger partial charge in [-0.15, -0.1) is 0 Å². The van der Waals surface area contributed by atoms with Gasteiger partial charge in [0, 0.05) is 45.2 Å². The van der Waals surface area contributed by atoms with Crippen molar-refractivity contribution in [3.63, 3.8) is 0 Å². The van der Waals surface area contributed by atoms with Gasteiger partial charge in [-0.1, -0.05) is 33.6 Å². The molecule has 2 heterocycles. The number of pyridine rings is 1. The molecule has 4 aromatic rings. The number of rotatable bonds is 5. The van der Waals surface area contributed by atoms with Gasteiger partial charge in [-0.3, -0.25) is 19.9 Å². The fraction of sp³-hybridized carbons (Fsp3) is 0.154. The second kappa shape index (κ2) is 10.3. The van der Waals surface area contributed by atoms with Gasteiger partial charge in [0.15, 0.2) is 5.75 Å². The predicted octanol–water partition coefficient (Wildman–Crippen LogP) is 6.15. The van der Waals surface area contributed by atoms with Crippen molar-refractivity contribution < 1.29 is 23.7 Å². The fourth-order valence-electron chi connectivity index (χ4n) is 4.29. The Balaban J connectivity index is 1.40. The van der Waals surface area contributed by atoms with Crippen molar-refractivity contribution in [1.29, 1.82) is 0 Å². The molecule has 192 valence electrons. The molecule has 0 spiro atoms. The Morgan fingerprint density at radius 2 is 2.05 bits per heavy atom. The first-order valence-corrected chi connectivity index (χ1v) is 12.6. The Labute approximate surface area is 228 Å². The third kappa shape index (κ3) is 4.77. The quantitative estimate of drug-likeness (QED) is 0.126. The van der Waals surface area contributed by atoms with Crippen LogP contribution in [0.4, 0.5) is 5.69 Å². The van der Waals surface area contributed by atoms with Gasteiger partial charge in [0.05, 0.1) is 10.6 Å². The van der Waals surface area contributed by atoms with E-state index in [1.807, 2.05) is 6.07 Å². The van der Waals surface area contributed by atoms with Crippen LogP contribution in [0.3, 0.4) is 0 Å². The van der Waals surface area contributed by atoms with Crippen LogP contribution in [0.5, 0.6) is 5.75 Å². The monoisotopic (exact) mass is 596 g/mol. The van der Waals surface area contributed by atoms with E-state index < -0.39 is 16.8 Å². The standard InChI is InChI=1S/C26H18BrClN4O6/c1-13-22-18(30-31-25(33)14-7-9-17(28)19(12-14)32(35)36)5-2-6-20(22)37-24(13)26(34)38-21-10-8-16(27)15-4-3-11-29-23(15)21/h3-4,7-12H,2,5-6H2,1H3,(H,31,33)/b30-18+. The van der Waals surface area contributed by atoms with Crippen LogP contribution in [-0.4, -0.2) is 27.5 Å². The van der Waals surface area contributed by atoms with Crippen molar-refractivity contribution in [2.75, 3.05) is 0 Å². The lowest BCUT2D eigenvalue weighted by molar-refractivity contribution is -0.384. The molecule has 1 N–H and O–H groups in total. The summed E-state index contributed by atoms with van der Waals surface area (Å²) in [4.78, 5) is 40.6. The van der Waals surface area contributed by atoms with E-state index in [0.29, 0.717) is 53.1 Å². The summed E-state index contributed by atoms with van der Waals surface area (Å²) in [5, 5.41) is 16.1. The number of ether oxygens (including phenoxy) is 1. The molecular formula is C26H18BrClN4O6. The Hall–Kier alpha value is -4.09. The Morgan fingerprint density at radius 3 is 2.84 bits per heavy atom. The summed E-state index contributed by atoms with van der Waals surface area (Å²) in [5.74, 6) is -0.422. The molecule has 0 saturated carbocycles. The third-order valence-electron chi connectivity index (χ3n) is 6.09. The van der Waals surface area contributed by atoms with E-state index in [9.17, 15) is 19.7 Å². The largest absolute Gasteiger partial charge is 0.453 e. The molecule has 2 aromatic carbocycles. The summed E-state index contributed by atoms with van der Waals surface area (Å²) < 4.78 is 12.4. The number of hydrogen-bond donors (Lipinski definition) is 1. The molecule has 0 saturated heterocycles. The van der Waals surface area contributed by atoms with Crippen LogP contribution in [0.25, 0.3) is 10.9 Å². The molecule has 1 aliphatic carbocycles. The molecule has 12 heteroatoms. The SMILES string of the molecule is Cc1c(C(=O)Oc2ccc(Br)c3cccnc23)oc2c1/C(=N/NC(=O)c1ccc(Cl)c([N+](=O)[O-])c1)CCC2. The van der Waals surface area contributed by atoms with Crippen LogP contribution in [0, 0.1) is 17.0 Å². The highest BCUT2D eigenvalue weighted by molar-refractivity contribution is 9.10. The van der Waals surface area contributed by atoms with Crippen molar-refractivity contribution in [2.24, 2.45) is 5.10 Å². The third-order valence-corrected chi connectivity index (χ3v) is 7.10. The highest BCUT2D eigenvalue weighted by Crippen LogP contribution is 2.33. The molecular weight excluding hydrogens is 580 g/mol. The maximum absolute atomic E-state index is 13.1. The van der Waals surface area contributed by atoms with E-state index in [1.165, 1.54) is 12.1 Å². The number of esters is 1. The number of amides is 1. The molecule has 0 aliphatic heterocycles. The zero-order valence-corrected chi connectivity index (χ0v) is 22.1. The Kier molecular flexibility index (Phi) is 6.96. The van der Waals surface area contributed by atoms with Crippen molar-refractivity contribution in [3.05, 3.63) is 96.5 Å². The van der Waals surface area contributed by atoms with Gasteiger partial charge < -0.3 is 9.15 Å². The second-order valence-electron chi connectivity index (χ2n) is 8.47. The molecule has 0 fully saturated rings. The number of nitro benzene ring substituents is 1. The molecule has 0 radical (unpaired) electrons. The number of carbonyl (C=O) groups excluding carboxylic acids is 2. The number of nitrogens with one attached hydrogen (secondary N) is 1. The number of hydrazone groups is 1. The molecule has 0 bridgehead atoms. The maximum Gasteiger partial charge on any atom is 0.380 e. The van der Waals surface area contributed by atoms with E-state index in [1.54, 1.807) is 31.3 Å². The van der Waals surface area contributed by atoms with Crippen LogP contribution in [0.1, 0.15) is 50.6 Å². The highest BCUT2D eigenvalue weighted by atomic mass is 79.9. The molecule has 5 rings (SSSR count). The average Bonchev–Trinajstić information content (AvgIpc) is 3.26. The number of aromatic nitrogens is 1. The predicted molar refractivity (Wildman–Crippen MR) is 143 cm³/mol. The van der Waals surface area contributed by atoms with Gasteiger partial charge in [-0.05, 0) is 50.1 Å². The normalized spacial score (nSPS) is 13.8. The van der Waals surface area contributed by atoms with Gasteiger partial charge in [-0.25, -0.2) is 10.2 Å². The van der Waals surface area contributed by atoms with Crippen molar-refractivity contribution in [1.82, 2.24) is 10.4 Å². The number of furan rings is 1. The highest BCUT2D eigenvalue weighted by Gasteiger charge is 2.29. The number of nitrogens with zero attached hydrogens (tertiary/aromatic N) is 3. The minimum Gasteiger partial charge on any atom is -0.453 e. The topological polar surface area (TPSA) is 137 Å². The molecule has 1 aliphatic rings. The zero-order valence-electron chi connectivity index (χ0n) is 19.8. The minimum absolute atomic E-state index is 0.0324. The maximum atomic E-state index is 13.1. The molecule has 1 amide bonds. The summed E-state index contributed by atoms with van der Waals surface area (Å²) >= 11 is 9.30. The molecule has 0 atom stereocenters. The van der Waals surface area contributed by atoms with Gasteiger partial charge in [-0.2, -0.15) is 5.10 Å². The number of halogens is 2. The van der Waals surface area contributed by atoms with E-state index in [0.717, 1.165) is 15.9 Å². The lowest BCUT2D eigenvalue weighted by Crippen LogP contribution is -2.22. The van der Waals surface area contributed by atoms with E-state index >= 15 is 0 Å². The smallest absolute Gasteiger partial charge is 0.380 e. The van der Waals surface area contributed by atoms with Crippen LogP contribution >= 0.6 is 27.5 Å². The summed E-state index contributed by atoms with van der Waals surface area (Å²) in [6.07, 6.45) is 3.42. The van der Waals surface area contributed by atoms with E-state index in [-0.39, 0.29) is 22.0 Å².